The highest BCUT2D eigenvalue weighted by Gasteiger charge is 2.35. The summed E-state index contributed by atoms with van der Waals surface area (Å²) < 4.78 is 13.3. The lowest BCUT2D eigenvalue weighted by molar-refractivity contribution is -0.152. The highest BCUT2D eigenvalue weighted by molar-refractivity contribution is 5.90. The van der Waals surface area contributed by atoms with E-state index in [4.69, 9.17) is 19.4 Å². The van der Waals surface area contributed by atoms with E-state index in [1.165, 1.54) is 6.92 Å². The van der Waals surface area contributed by atoms with E-state index in [1.54, 1.807) is 27.2 Å². The van der Waals surface area contributed by atoms with Gasteiger partial charge in [-0.05, 0) is 6.42 Å². The molecular formula is C20H30N6O6. The van der Waals surface area contributed by atoms with Crippen LogP contribution in [0, 0.1) is 11.8 Å². The van der Waals surface area contributed by atoms with Crippen molar-refractivity contribution in [2.45, 2.75) is 53.4 Å². The van der Waals surface area contributed by atoms with Crippen LogP contribution < -0.4 is 10.6 Å². The summed E-state index contributed by atoms with van der Waals surface area (Å²) in [5.74, 6) is -0.628. The Morgan fingerprint density at radius 1 is 1.31 bits per heavy atom. The number of rotatable bonds is 6. The number of anilines is 2. The molecule has 0 aromatic carbocycles. The van der Waals surface area contributed by atoms with Crippen molar-refractivity contribution < 1.29 is 29.0 Å². The molecule has 176 valence electrons. The Morgan fingerprint density at radius 3 is 2.53 bits per heavy atom. The maximum atomic E-state index is 11.7. The van der Waals surface area contributed by atoms with Gasteiger partial charge in [-0.15, -0.1) is 0 Å². The molecule has 0 bridgehead atoms. The molecule has 0 radical (unpaired) electrons. The molecule has 3 N–H and O–H groups in total. The molecule has 1 amide bonds. The van der Waals surface area contributed by atoms with Crippen LogP contribution in [0.1, 0.15) is 47.3 Å². The van der Waals surface area contributed by atoms with Crippen molar-refractivity contribution in [2.75, 3.05) is 24.3 Å². The van der Waals surface area contributed by atoms with Gasteiger partial charge in [-0.2, -0.15) is 9.97 Å². The van der Waals surface area contributed by atoms with Crippen LogP contribution in [0.3, 0.4) is 0 Å². The summed E-state index contributed by atoms with van der Waals surface area (Å²) in [6, 6.07) is 0. The van der Waals surface area contributed by atoms with Gasteiger partial charge in [0.2, 0.25) is 11.9 Å². The van der Waals surface area contributed by atoms with E-state index in [2.05, 4.69) is 32.5 Å². The lowest BCUT2D eigenvalue weighted by atomic mass is 10.1. The number of hydrogen-bond donors (Lipinski definition) is 3. The zero-order valence-electron chi connectivity index (χ0n) is 19.1. The van der Waals surface area contributed by atoms with Crippen LogP contribution in [0.2, 0.25) is 0 Å². The third kappa shape index (κ3) is 6.36. The zero-order chi connectivity index (χ0) is 24.0. The van der Waals surface area contributed by atoms with Crippen molar-refractivity contribution in [3.8, 4) is 0 Å². The number of nitrogens with one attached hydrogen (secondary N) is 2. The van der Waals surface area contributed by atoms with Crippen LogP contribution in [0.25, 0.3) is 11.2 Å². The lowest BCUT2D eigenvalue weighted by Gasteiger charge is -2.18. The van der Waals surface area contributed by atoms with Crippen molar-refractivity contribution in [1.29, 1.82) is 0 Å². The molecule has 1 saturated heterocycles. The molecule has 1 aliphatic heterocycles. The Kier molecular flexibility index (Phi) is 8.47. The van der Waals surface area contributed by atoms with Crippen molar-refractivity contribution in [2.24, 2.45) is 11.8 Å². The summed E-state index contributed by atoms with van der Waals surface area (Å²) in [7, 11) is 1.73. The highest BCUT2D eigenvalue weighted by atomic mass is 16.6. The van der Waals surface area contributed by atoms with E-state index >= 15 is 0 Å². The number of carbonyl (C=O) groups is 3. The summed E-state index contributed by atoms with van der Waals surface area (Å²) in [6.45, 7) is 8.36. The first-order valence-corrected chi connectivity index (χ1v) is 10.2. The normalized spacial score (nSPS) is 19.9. The quantitative estimate of drug-likeness (QED) is 0.556. The number of nitrogens with zero attached hydrogens (tertiary/aromatic N) is 4. The number of carbonyl (C=O) groups excluding carboxylic acids is 2. The molecule has 3 atom stereocenters. The molecule has 3 heterocycles. The SMILES string of the molecule is CC(=O)O.CNc1nc(NC(C)=O)nc2c1ncn2C1OC(COC(=O)C(C)C)CC1C. The van der Waals surface area contributed by atoms with Crippen LogP contribution in [0.15, 0.2) is 6.33 Å². The largest absolute Gasteiger partial charge is 0.481 e. The van der Waals surface area contributed by atoms with Gasteiger partial charge in [0.05, 0.1) is 18.3 Å². The number of esters is 1. The van der Waals surface area contributed by atoms with Gasteiger partial charge in [0.15, 0.2) is 17.0 Å². The molecule has 0 spiro atoms. The average Bonchev–Trinajstić information content (AvgIpc) is 3.27. The fourth-order valence-electron chi connectivity index (χ4n) is 3.20. The second kappa shape index (κ2) is 10.8. The number of hydrogen-bond acceptors (Lipinski definition) is 9. The van der Waals surface area contributed by atoms with Crippen LogP contribution in [-0.2, 0) is 23.9 Å². The number of fused-ring (bicyclic) bond motifs is 1. The molecule has 0 aliphatic carbocycles. The average molecular weight is 450 g/mol. The number of carboxylic acids is 1. The maximum absolute atomic E-state index is 11.7. The first-order chi connectivity index (χ1) is 15.0. The maximum Gasteiger partial charge on any atom is 0.308 e. The molecule has 3 rings (SSSR count). The van der Waals surface area contributed by atoms with Gasteiger partial charge < -0.3 is 19.9 Å². The molecule has 2 aromatic rings. The number of ether oxygens (including phenoxy) is 2. The first kappa shape index (κ1) is 25.0. The van der Waals surface area contributed by atoms with E-state index in [9.17, 15) is 9.59 Å². The van der Waals surface area contributed by atoms with E-state index < -0.39 is 5.97 Å². The number of carboxylic acid groups (broad SMARTS) is 1. The predicted molar refractivity (Wildman–Crippen MR) is 116 cm³/mol. The molecular weight excluding hydrogens is 420 g/mol. The Morgan fingerprint density at radius 2 is 1.97 bits per heavy atom. The Bertz CT molecular complexity index is 971. The van der Waals surface area contributed by atoms with Gasteiger partial charge in [0, 0.05) is 26.8 Å². The molecule has 3 unspecified atom stereocenters. The van der Waals surface area contributed by atoms with Crippen molar-refractivity contribution in [1.82, 2.24) is 19.5 Å². The molecule has 1 fully saturated rings. The molecule has 12 heteroatoms. The smallest absolute Gasteiger partial charge is 0.308 e. The van der Waals surface area contributed by atoms with E-state index in [0.717, 1.165) is 13.3 Å². The van der Waals surface area contributed by atoms with Gasteiger partial charge >= 0.3 is 5.97 Å². The Labute approximate surface area is 185 Å². The summed E-state index contributed by atoms with van der Waals surface area (Å²) >= 11 is 0. The number of aliphatic carboxylic acids is 1. The van der Waals surface area contributed by atoms with Crippen LogP contribution in [0.4, 0.5) is 11.8 Å². The minimum absolute atomic E-state index is 0.164. The monoisotopic (exact) mass is 450 g/mol. The van der Waals surface area contributed by atoms with Crippen molar-refractivity contribution >= 4 is 40.8 Å². The minimum Gasteiger partial charge on any atom is -0.481 e. The summed E-state index contributed by atoms with van der Waals surface area (Å²) in [5, 5.41) is 13.0. The molecule has 12 nitrogen and oxygen atoms in total. The van der Waals surface area contributed by atoms with E-state index in [-0.39, 0.29) is 48.6 Å². The second-order valence-electron chi connectivity index (χ2n) is 7.82. The minimum atomic E-state index is -0.833. The third-order valence-electron chi connectivity index (χ3n) is 4.56. The fraction of sp³-hybridized carbons (Fsp3) is 0.600. The number of aromatic nitrogens is 4. The van der Waals surface area contributed by atoms with Gasteiger partial charge in [0.25, 0.3) is 5.97 Å². The molecule has 32 heavy (non-hydrogen) atoms. The van der Waals surface area contributed by atoms with Gasteiger partial charge in [-0.1, -0.05) is 20.8 Å². The van der Waals surface area contributed by atoms with Crippen LogP contribution in [-0.4, -0.2) is 62.2 Å². The summed E-state index contributed by atoms with van der Waals surface area (Å²) in [5.41, 5.74) is 1.14. The zero-order valence-corrected chi connectivity index (χ0v) is 19.1. The topological polar surface area (TPSA) is 158 Å². The number of imidazole rings is 1. The summed E-state index contributed by atoms with van der Waals surface area (Å²) in [6.07, 6.45) is 1.90. The highest BCUT2D eigenvalue weighted by Crippen LogP contribution is 2.36. The molecule has 2 aromatic heterocycles. The van der Waals surface area contributed by atoms with Gasteiger partial charge in [-0.3, -0.25) is 24.3 Å². The predicted octanol–water partition coefficient (Wildman–Crippen LogP) is 2.04. The van der Waals surface area contributed by atoms with Gasteiger partial charge in [0.1, 0.15) is 12.8 Å². The lowest BCUT2D eigenvalue weighted by Crippen LogP contribution is -2.21. The van der Waals surface area contributed by atoms with Crippen molar-refractivity contribution in [3.63, 3.8) is 0 Å². The Hall–Kier alpha value is -3.28. The van der Waals surface area contributed by atoms with Gasteiger partial charge in [-0.25, -0.2) is 4.98 Å². The van der Waals surface area contributed by atoms with E-state index in [0.29, 0.717) is 17.0 Å². The second-order valence-corrected chi connectivity index (χ2v) is 7.82. The van der Waals surface area contributed by atoms with Crippen molar-refractivity contribution in [3.05, 3.63) is 6.33 Å². The van der Waals surface area contributed by atoms with Crippen LogP contribution in [0.5, 0.6) is 0 Å². The standard InChI is InChI=1S/C18H26N6O4.C2H4O2/c1-9(2)17(26)27-7-12-6-10(3)16(28-12)24-8-20-13-14(19-5)22-18(21-11(4)25)23-15(13)24;1-2(3)4/h8-10,12,16H,6-7H2,1-5H3,(H2,19,21,22,23,25);1H3,(H,3,4). The molecule has 1 aliphatic rings. The molecule has 0 saturated carbocycles. The first-order valence-electron chi connectivity index (χ1n) is 10.2. The van der Waals surface area contributed by atoms with Crippen LogP contribution >= 0.6 is 0 Å². The number of amides is 1. The summed E-state index contributed by atoms with van der Waals surface area (Å²) in [4.78, 5) is 45.2. The fourth-order valence-corrected chi connectivity index (χ4v) is 3.20. The van der Waals surface area contributed by atoms with E-state index in [1.807, 2.05) is 4.57 Å². The Balaban J connectivity index is 0.000000837. The third-order valence-corrected chi connectivity index (χ3v) is 4.56.